The first-order chi connectivity index (χ1) is 15.4. The molecule has 1 N–H and O–H groups in total. The first-order valence-corrected chi connectivity index (χ1v) is 11.9. The highest BCUT2D eigenvalue weighted by Crippen LogP contribution is 2.36. The zero-order valence-corrected chi connectivity index (χ0v) is 19.4. The molecule has 2 heterocycles. The highest BCUT2D eigenvalue weighted by molar-refractivity contribution is 7.89. The molecule has 0 spiro atoms. The van der Waals surface area contributed by atoms with Crippen LogP contribution in [0.4, 0.5) is 0 Å². The van der Waals surface area contributed by atoms with Crippen LogP contribution in [0.25, 0.3) is 0 Å². The van der Waals surface area contributed by atoms with Crippen LogP contribution in [-0.2, 0) is 10.0 Å². The number of hydrogen-bond acceptors (Lipinski definition) is 8. The Labute approximate surface area is 188 Å². The fourth-order valence-corrected chi connectivity index (χ4v) is 5.02. The Hall–Kier alpha value is -2.53. The lowest BCUT2D eigenvalue weighted by atomic mass is 10.0. The molecule has 0 aliphatic carbocycles. The summed E-state index contributed by atoms with van der Waals surface area (Å²) in [5.41, 5.74) is 0.980. The van der Waals surface area contributed by atoms with E-state index in [-0.39, 0.29) is 24.3 Å². The van der Waals surface area contributed by atoms with Crippen molar-refractivity contribution in [3.63, 3.8) is 0 Å². The highest BCUT2D eigenvalue weighted by Gasteiger charge is 2.28. The summed E-state index contributed by atoms with van der Waals surface area (Å²) in [6.45, 7) is 3.94. The lowest BCUT2D eigenvalue weighted by Crippen LogP contribution is -2.48. The highest BCUT2D eigenvalue weighted by atomic mass is 32.2. The molecule has 2 aromatic rings. The van der Waals surface area contributed by atoms with Crippen molar-refractivity contribution in [1.29, 1.82) is 0 Å². The number of piperazine rings is 1. The second kappa shape index (κ2) is 9.53. The molecule has 10 heteroatoms. The number of fused-ring (bicyclic) bond motifs is 1. The van der Waals surface area contributed by atoms with Gasteiger partial charge in [-0.1, -0.05) is 6.07 Å². The molecule has 1 fully saturated rings. The second-order valence-corrected chi connectivity index (χ2v) is 9.60. The Bertz CT molecular complexity index is 1050. The van der Waals surface area contributed by atoms with Gasteiger partial charge in [0.15, 0.2) is 23.0 Å². The average Bonchev–Trinajstić information content (AvgIpc) is 3.28. The molecule has 2 aromatic carbocycles. The zero-order chi connectivity index (χ0) is 22.7. The van der Waals surface area contributed by atoms with Crippen molar-refractivity contribution in [3.05, 3.63) is 42.0 Å². The van der Waals surface area contributed by atoms with Crippen LogP contribution in [0.3, 0.4) is 0 Å². The van der Waals surface area contributed by atoms with E-state index in [0.717, 1.165) is 31.7 Å². The van der Waals surface area contributed by atoms with Crippen LogP contribution in [0.1, 0.15) is 11.6 Å². The fraction of sp³-hybridized carbons (Fsp3) is 0.455. The molecule has 4 rings (SSSR count). The molecule has 32 heavy (non-hydrogen) atoms. The maximum absolute atomic E-state index is 13.1. The quantitative estimate of drug-likeness (QED) is 0.633. The summed E-state index contributed by atoms with van der Waals surface area (Å²) in [5, 5.41) is 0. The van der Waals surface area contributed by atoms with Gasteiger partial charge >= 0.3 is 0 Å². The molecule has 9 nitrogen and oxygen atoms in total. The topological polar surface area (TPSA) is 89.6 Å². The Morgan fingerprint density at radius 1 is 0.969 bits per heavy atom. The van der Waals surface area contributed by atoms with Crippen molar-refractivity contribution in [2.24, 2.45) is 0 Å². The molecule has 0 bridgehead atoms. The van der Waals surface area contributed by atoms with E-state index in [1.807, 2.05) is 18.2 Å². The third-order valence-electron chi connectivity index (χ3n) is 5.89. The number of hydrogen-bond donors (Lipinski definition) is 1. The second-order valence-electron chi connectivity index (χ2n) is 7.84. The molecular formula is C22H29N3O6S. The molecule has 0 saturated carbocycles. The van der Waals surface area contributed by atoms with Crippen LogP contribution in [-0.4, -0.2) is 79.0 Å². The van der Waals surface area contributed by atoms with Crippen LogP contribution < -0.4 is 23.7 Å². The van der Waals surface area contributed by atoms with Crippen molar-refractivity contribution >= 4 is 10.0 Å². The molecule has 174 valence electrons. The number of rotatable bonds is 8. The summed E-state index contributed by atoms with van der Waals surface area (Å²) in [7, 11) is 1.32. The largest absolute Gasteiger partial charge is 0.493 e. The third kappa shape index (κ3) is 4.78. The first kappa shape index (κ1) is 22.7. The van der Waals surface area contributed by atoms with Crippen LogP contribution in [0.5, 0.6) is 23.0 Å². The minimum absolute atomic E-state index is 0.123. The van der Waals surface area contributed by atoms with Gasteiger partial charge in [0.1, 0.15) is 0 Å². The van der Waals surface area contributed by atoms with E-state index in [1.165, 1.54) is 26.4 Å². The van der Waals surface area contributed by atoms with Gasteiger partial charge in [0.05, 0.1) is 19.1 Å². The molecule has 2 aliphatic heterocycles. The van der Waals surface area contributed by atoms with E-state index in [9.17, 15) is 8.42 Å². The van der Waals surface area contributed by atoms with E-state index in [4.69, 9.17) is 18.9 Å². The number of ether oxygens (including phenoxy) is 4. The van der Waals surface area contributed by atoms with E-state index >= 15 is 0 Å². The lowest BCUT2D eigenvalue weighted by molar-refractivity contribution is 0.112. The minimum atomic E-state index is -3.76. The van der Waals surface area contributed by atoms with Crippen molar-refractivity contribution < 1.29 is 27.4 Å². The van der Waals surface area contributed by atoms with Crippen LogP contribution in [0.15, 0.2) is 41.3 Å². The number of methoxy groups -OCH3 is 2. The summed E-state index contributed by atoms with van der Waals surface area (Å²) >= 11 is 0. The van der Waals surface area contributed by atoms with Crippen LogP contribution >= 0.6 is 0 Å². The van der Waals surface area contributed by atoms with Gasteiger partial charge in [0.25, 0.3) is 0 Å². The molecular weight excluding hydrogens is 434 g/mol. The van der Waals surface area contributed by atoms with Crippen LogP contribution in [0.2, 0.25) is 0 Å². The number of sulfonamides is 1. The minimum Gasteiger partial charge on any atom is -0.493 e. The maximum Gasteiger partial charge on any atom is 0.240 e. The first-order valence-electron chi connectivity index (χ1n) is 10.4. The molecule has 1 saturated heterocycles. The summed E-state index contributed by atoms with van der Waals surface area (Å²) in [4.78, 5) is 4.69. The zero-order valence-electron chi connectivity index (χ0n) is 18.5. The van der Waals surface area contributed by atoms with Gasteiger partial charge in [0.2, 0.25) is 16.8 Å². The summed E-state index contributed by atoms with van der Waals surface area (Å²) in [5.74, 6) is 2.23. The molecule has 0 unspecified atom stereocenters. The third-order valence-corrected chi connectivity index (χ3v) is 7.31. The van der Waals surface area contributed by atoms with Crippen molar-refractivity contribution in [3.8, 4) is 23.0 Å². The van der Waals surface area contributed by atoms with Gasteiger partial charge in [-0.15, -0.1) is 0 Å². The van der Waals surface area contributed by atoms with Crippen molar-refractivity contribution in [2.45, 2.75) is 10.9 Å². The standard InChI is InChI=1S/C22H29N3O6S/c1-24-8-10-25(11-9-24)18(16-4-6-20-22(12-16)31-15-30-20)14-23-32(26,27)17-5-7-19(28-2)21(13-17)29-3/h4-7,12-13,18,23H,8-11,14-15H2,1-3H3/t18-/m0/s1. The summed E-state index contributed by atoms with van der Waals surface area (Å²) in [6.07, 6.45) is 0. The van der Waals surface area contributed by atoms with E-state index in [2.05, 4.69) is 21.6 Å². The smallest absolute Gasteiger partial charge is 0.240 e. The van der Waals surface area contributed by atoms with Gasteiger partial charge in [-0.05, 0) is 36.9 Å². The van der Waals surface area contributed by atoms with E-state index in [1.54, 1.807) is 6.07 Å². The van der Waals surface area contributed by atoms with E-state index in [0.29, 0.717) is 23.0 Å². The Morgan fingerprint density at radius 3 is 2.41 bits per heavy atom. The van der Waals surface area contributed by atoms with Crippen LogP contribution in [0, 0.1) is 0 Å². The van der Waals surface area contributed by atoms with Crippen molar-refractivity contribution in [2.75, 3.05) is 60.8 Å². The maximum atomic E-state index is 13.1. The van der Waals surface area contributed by atoms with E-state index < -0.39 is 10.0 Å². The molecule has 1 atom stereocenters. The monoisotopic (exact) mass is 463 g/mol. The SMILES string of the molecule is COc1ccc(S(=O)(=O)NC[C@@H](c2ccc3c(c2)OCO3)N2CCN(C)CC2)cc1OC. The normalized spacial score (nSPS) is 17.8. The lowest BCUT2D eigenvalue weighted by Gasteiger charge is -2.38. The average molecular weight is 464 g/mol. The molecule has 0 radical (unpaired) electrons. The Kier molecular flexibility index (Phi) is 6.75. The molecule has 0 aromatic heterocycles. The molecule has 0 amide bonds. The Morgan fingerprint density at radius 2 is 1.69 bits per heavy atom. The predicted molar refractivity (Wildman–Crippen MR) is 119 cm³/mol. The number of nitrogens with zero attached hydrogens (tertiary/aromatic N) is 2. The van der Waals surface area contributed by atoms with Gasteiger partial charge in [0, 0.05) is 44.8 Å². The number of nitrogens with one attached hydrogen (secondary N) is 1. The van der Waals surface area contributed by atoms with Gasteiger partial charge in [-0.25, -0.2) is 13.1 Å². The van der Waals surface area contributed by atoms with Gasteiger partial charge in [-0.2, -0.15) is 0 Å². The van der Waals surface area contributed by atoms with Crippen molar-refractivity contribution in [1.82, 2.24) is 14.5 Å². The predicted octanol–water partition coefficient (Wildman–Crippen LogP) is 1.70. The van der Waals surface area contributed by atoms with Gasteiger partial charge < -0.3 is 23.8 Å². The Balaban J connectivity index is 1.57. The van der Waals surface area contributed by atoms with Gasteiger partial charge in [-0.3, -0.25) is 4.90 Å². The summed E-state index contributed by atoms with van der Waals surface area (Å²) in [6, 6.07) is 10.2. The number of likely N-dealkylation sites (N-methyl/N-ethyl adjacent to an activating group) is 1. The summed E-state index contributed by atoms with van der Waals surface area (Å²) < 4.78 is 50.4. The molecule has 2 aliphatic rings. The fourth-order valence-electron chi connectivity index (χ4n) is 3.97. The number of benzene rings is 2.